The molecule has 0 saturated carbocycles. The lowest BCUT2D eigenvalue weighted by atomic mass is 9.89. The van der Waals surface area contributed by atoms with Gasteiger partial charge in [0.1, 0.15) is 0 Å². The maximum atomic E-state index is 12.0. The number of carbonyl (C=O) groups is 2. The van der Waals surface area contributed by atoms with E-state index in [-0.39, 0.29) is 24.0 Å². The molecule has 0 aromatic heterocycles. The fourth-order valence-electron chi connectivity index (χ4n) is 1.95. The first-order valence-electron chi connectivity index (χ1n) is 5.34. The van der Waals surface area contributed by atoms with Crippen molar-refractivity contribution < 1.29 is 9.59 Å². The summed E-state index contributed by atoms with van der Waals surface area (Å²) in [5.41, 5.74) is 6.67. The van der Waals surface area contributed by atoms with Crippen LogP contribution in [0.2, 0.25) is 0 Å². The molecule has 1 heterocycles. The highest BCUT2D eigenvalue weighted by Gasteiger charge is 2.26. The minimum atomic E-state index is -0.355. The number of amides is 1. The van der Waals surface area contributed by atoms with E-state index in [0.29, 0.717) is 18.5 Å². The van der Waals surface area contributed by atoms with Crippen molar-refractivity contribution in [1.29, 1.82) is 0 Å². The molecule has 0 bridgehead atoms. The highest BCUT2D eigenvalue weighted by atomic mass is 16.1. The molecule has 0 fully saturated rings. The lowest BCUT2D eigenvalue weighted by Crippen LogP contribution is -2.30. The summed E-state index contributed by atoms with van der Waals surface area (Å²) in [5, 5.41) is 3.19. The number of nitrogens with one attached hydrogen (secondary N) is 1. The van der Waals surface area contributed by atoms with Crippen molar-refractivity contribution in [3.05, 3.63) is 29.8 Å². The minimum absolute atomic E-state index is 0.107. The number of rotatable bonds is 3. The number of anilines is 1. The standard InChI is InChI=1S/C12H14N2O2/c13-11(15)6-5-8-7-14-10-4-2-1-3-9(10)12(8)16/h1-4,8,14H,5-7H2,(H2,13,15). The van der Waals surface area contributed by atoms with Gasteiger partial charge >= 0.3 is 0 Å². The Balaban J connectivity index is 2.12. The van der Waals surface area contributed by atoms with E-state index in [4.69, 9.17) is 5.73 Å². The van der Waals surface area contributed by atoms with Crippen LogP contribution in [0.15, 0.2) is 24.3 Å². The van der Waals surface area contributed by atoms with Crippen LogP contribution in [-0.4, -0.2) is 18.2 Å². The summed E-state index contributed by atoms with van der Waals surface area (Å²) in [5.74, 6) is -0.385. The Kier molecular flexibility index (Phi) is 2.90. The van der Waals surface area contributed by atoms with E-state index in [9.17, 15) is 9.59 Å². The first-order valence-corrected chi connectivity index (χ1v) is 5.34. The van der Waals surface area contributed by atoms with E-state index < -0.39 is 0 Å². The Morgan fingerprint density at radius 3 is 2.94 bits per heavy atom. The number of hydrogen-bond donors (Lipinski definition) is 2. The predicted octanol–water partition coefficient (Wildman–Crippen LogP) is 1.18. The van der Waals surface area contributed by atoms with Gasteiger partial charge < -0.3 is 11.1 Å². The molecule has 1 aliphatic rings. The Morgan fingerprint density at radius 1 is 1.44 bits per heavy atom. The fourth-order valence-corrected chi connectivity index (χ4v) is 1.95. The molecule has 0 aliphatic carbocycles. The predicted molar refractivity (Wildman–Crippen MR) is 61.2 cm³/mol. The average molecular weight is 218 g/mol. The fraction of sp³-hybridized carbons (Fsp3) is 0.333. The molecule has 1 aromatic rings. The van der Waals surface area contributed by atoms with Gasteiger partial charge in [-0.15, -0.1) is 0 Å². The van der Waals surface area contributed by atoms with E-state index in [1.807, 2.05) is 18.2 Å². The third kappa shape index (κ3) is 2.05. The zero-order valence-electron chi connectivity index (χ0n) is 8.90. The number of Topliss-reactive ketones (excluding diaryl/α,β-unsaturated/α-hetero) is 1. The second-order valence-corrected chi connectivity index (χ2v) is 3.99. The second-order valence-electron chi connectivity index (χ2n) is 3.99. The Bertz CT molecular complexity index is 429. The van der Waals surface area contributed by atoms with Crippen LogP contribution in [0.5, 0.6) is 0 Å². The number of primary amides is 1. The molecule has 1 unspecified atom stereocenters. The number of hydrogen-bond acceptors (Lipinski definition) is 3. The van der Waals surface area contributed by atoms with Gasteiger partial charge in [0, 0.05) is 30.1 Å². The van der Waals surface area contributed by atoms with Crippen LogP contribution in [0, 0.1) is 5.92 Å². The molecule has 84 valence electrons. The molecule has 1 amide bonds. The Labute approximate surface area is 93.8 Å². The van der Waals surface area contributed by atoms with Gasteiger partial charge in [0.25, 0.3) is 0 Å². The van der Waals surface area contributed by atoms with Crippen molar-refractivity contribution in [1.82, 2.24) is 0 Å². The summed E-state index contributed by atoms with van der Waals surface area (Å²) < 4.78 is 0. The summed E-state index contributed by atoms with van der Waals surface area (Å²) in [4.78, 5) is 22.7. The number of benzene rings is 1. The van der Waals surface area contributed by atoms with Gasteiger partial charge in [-0.25, -0.2) is 0 Å². The molecule has 3 N–H and O–H groups in total. The van der Waals surface area contributed by atoms with E-state index in [2.05, 4.69) is 5.32 Å². The molecule has 16 heavy (non-hydrogen) atoms. The van der Waals surface area contributed by atoms with E-state index >= 15 is 0 Å². The van der Waals surface area contributed by atoms with Crippen LogP contribution < -0.4 is 11.1 Å². The molecular formula is C12H14N2O2. The summed E-state index contributed by atoms with van der Waals surface area (Å²) in [6.07, 6.45) is 0.787. The van der Waals surface area contributed by atoms with Gasteiger partial charge in [-0.1, -0.05) is 12.1 Å². The molecule has 1 aromatic carbocycles. The van der Waals surface area contributed by atoms with Gasteiger partial charge in [0.05, 0.1) is 0 Å². The number of ketones is 1. The van der Waals surface area contributed by atoms with Gasteiger partial charge in [0.15, 0.2) is 5.78 Å². The van der Waals surface area contributed by atoms with Crippen molar-refractivity contribution in [2.24, 2.45) is 11.7 Å². The van der Waals surface area contributed by atoms with Gasteiger partial charge in [0.2, 0.25) is 5.91 Å². The molecule has 4 heteroatoms. The van der Waals surface area contributed by atoms with Crippen molar-refractivity contribution in [3.63, 3.8) is 0 Å². The highest BCUT2D eigenvalue weighted by Crippen LogP contribution is 2.26. The normalized spacial score (nSPS) is 18.8. The third-order valence-corrected chi connectivity index (χ3v) is 2.84. The first kappa shape index (κ1) is 10.7. The van der Waals surface area contributed by atoms with Crippen LogP contribution in [0.3, 0.4) is 0 Å². The summed E-state index contributed by atoms with van der Waals surface area (Å²) in [6, 6.07) is 7.43. The largest absolute Gasteiger partial charge is 0.384 e. The van der Waals surface area contributed by atoms with Crippen molar-refractivity contribution in [2.75, 3.05) is 11.9 Å². The molecule has 0 radical (unpaired) electrons. The van der Waals surface area contributed by atoms with Crippen LogP contribution in [0.4, 0.5) is 5.69 Å². The number of fused-ring (bicyclic) bond motifs is 1. The maximum absolute atomic E-state index is 12.0. The number of para-hydroxylation sites is 1. The first-order chi connectivity index (χ1) is 7.68. The van der Waals surface area contributed by atoms with E-state index in [1.54, 1.807) is 6.07 Å². The minimum Gasteiger partial charge on any atom is -0.384 e. The molecule has 1 atom stereocenters. The van der Waals surface area contributed by atoms with Crippen molar-refractivity contribution >= 4 is 17.4 Å². The second kappa shape index (κ2) is 4.35. The topological polar surface area (TPSA) is 72.2 Å². The van der Waals surface area contributed by atoms with E-state index in [0.717, 1.165) is 5.69 Å². The average Bonchev–Trinajstić information content (AvgIpc) is 2.28. The van der Waals surface area contributed by atoms with Crippen molar-refractivity contribution in [2.45, 2.75) is 12.8 Å². The SMILES string of the molecule is NC(=O)CCC1CNc2ccccc2C1=O. The monoisotopic (exact) mass is 218 g/mol. The summed E-state index contributed by atoms with van der Waals surface area (Å²) in [7, 11) is 0. The zero-order valence-corrected chi connectivity index (χ0v) is 8.90. The third-order valence-electron chi connectivity index (χ3n) is 2.84. The molecule has 2 rings (SSSR count). The summed E-state index contributed by atoms with van der Waals surface area (Å²) >= 11 is 0. The molecule has 1 aliphatic heterocycles. The maximum Gasteiger partial charge on any atom is 0.217 e. The number of nitrogens with two attached hydrogens (primary N) is 1. The van der Waals surface area contributed by atoms with Crippen LogP contribution in [0.1, 0.15) is 23.2 Å². The molecule has 0 spiro atoms. The van der Waals surface area contributed by atoms with Gasteiger partial charge in [-0.05, 0) is 18.6 Å². The Morgan fingerprint density at radius 2 is 2.19 bits per heavy atom. The van der Waals surface area contributed by atoms with Crippen molar-refractivity contribution in [3.8, 4) is 0 Å². The Hall–Kier alpha value is -1.84. The van der Waals surface area contributed by atoms with Gasteiger partial charge in [-0.3, -0.25) is 9.59 Å². The molecule has 0 saturated heterocycles. The van der Waals surface area contributed by atoms with Crippen LogP contribution in [-0.2, 0) is 4.79 Å². The van der Waals surface area contributed by atoms with E-state index in [1.165, 1.54) is 0 Å². The summed E-state index contributed by atoms with van der Waals surface area (Å²) in [6.45, 7) is 0.586. The highest BCUT2D eigenvalue weighted by molar-refractivity contribution is 6.04. The van der Waals surface area contributed by atoms with Gasteiger partial charge in [-0.2, -0.15) is 0 Å². The van der Waals surface area contributed by atoms with Crippen LogP contribution in [0.25, 0.3) is 0 Å². The zero-order chi connectivity index (χ0) is 11.5. The smallest absolute Gasteiger partial charge is 0.217 e. The number of carbonyl (C=O) groups excluding carboxylic acids is 2. The molecule has 4 nitrogen and oxygen atoms in total. The quantitative estimate of drug-likeness (QED) is 0.800. The van der Waals surface area contributed by atoms with Crippen LogP contribution >= 0.6 is 0 Å². The molecular weight excluding hydrogens is 204 g/mol. The lowest BCUT2D eigenvalue weighted by Gasteiger charge is -2.24. The lowest BCUT2D eigenvalue weighted by molar-refractivity contribution is -0.118.